The predicted molar refractivity (Wildman–Crippen MR) is 59.8 cm³/mol. The molecule has 0 aliphatic rings. The summed E-state index contributed by atoms with van der Waals surface area (Å²) in [6.07, 6.45) is 0. The first-order valence-electron chi connectivity index (χ1n) is 5.25. The van der Waals surface area contributed by atoms with E-state index in [1.807, 2.05) is 13.8 Å². The Balaban J connectivity index is 4.60. The van der Waals surface area contributed by atoms with Crippen LogP contribution in [0.15, 0.2) is 0 Å². The summed E-state index contributed by atoms with van der Waals surface area (Å²) in [7, 11) is 3.18. The monoisotopic (exact) mass is 217 g/mol. The molecule has 0 radical (unpaired) electrons. The maximum atomic E-state index is 12.1. The van der Waals surface area contributed by atoms with Gasteiger partial charge in [-0.3, -0.25) is 4.79 Å². The van der Waals surface area contributed by atoms with Crippen LogP contribution < -0.4 is 0 Å². The van der Waals surface area contributed by atoms with Crippen molar-refractivity contribution in [3.8, 4) is 0 Å². The fourth-order valence-electron chi connectivity index (χ4n) is 1.42. The zero-order valence-electron chi connectivity index (χ0n) is 10.7. The van der Waals surface area contributed by atoms with Gasteiger partial charge in [0.1, 0.15) is 5.60 Å². The van der Waals surface area contributed by atoms with Gasteiger partial charge < -0.3 is 14.4 Å². The molecule has 0 aromatic rings. The summed E-state index contributed by atoms with van der Waals surface area (Å²) in [5, 5.41) is 0. The van der Waals surface area contributed by atoms with Gasteiger partial charge in [0.15, 0.2) is 0 Å². The van der Waals surface area contributed by atoms with Crippen LogP contribution in [0.5, 0.6) is 0 Å². The van der Waals surface area contributed by atoms with Gasteiger partial charge in [0.25, 0.3) is 5.91 Å². The molecule has 1 unspecified atom stereocenters. The summed E-state index contributed by atoms with van der Waals surface area (Å²) in [4.78, 5) is 13.9. The van der Waals surface area contributed by atoms with Crippen molar-refractivity contribution in [2.75, 3.05) is 27.4 Å². The van der Waals surface area contributed by atoms with Crippen molar-refractivity contribution in [3.05, 3.63) is 0 Å². The van der Waals surface area contributed by atoms with Crippen LogP contribution in [0.25, 0.3) is 0 Å². The lowest BCUT2D eigenvalue weighted by Crippen LogP contribution is -2.51. The number of rotatable bonds is 6. The average Bonchev–Trinajstić information content (AvgIpc) is 2.19. The van der Waals surface area contributed by atoms with E-state index in [2.05, 4.69) is 0 Å². The minimum atomic E-state index is -0.766. The number of hydrogen-bond donors (Lipinski definition) is 0. The van der Waals surface area contributed by atoms with Gasteiger partial charge >= 0.3 is 0 Å². The first kappa shape index (κ1) is 14.4. The Labute approximate surface area is 92.5 Å². The summed E-state index contributed by atoms with van der Waals surface area (Å²) in [6.45, 7) is 8.68. The first-order valence-corrected chi connectivity index (χ1v) is 5.25. The van der Waals surface area contributed by atoms with Gasteiger partial charge in [-0.1, -0.05) is 0 Å². The Kier molecular flexibility index (Phi) is 5.83. The third-order valence-corrected chi connectivity index (χ3v) is 2.57. The molecule has 0 aliphatic heterocycles. The van der Waals surface area contributed by atoms with Gasteiger partial charge in [-0.05, 0) is 27.7 Å². The van der Waals surface area contributed by atoms with Crippen molar-refractivity contribution in [1.29, 1.82) is 0 Å². The molecule has 4 nitrogen and oxygen atoms in total. The van der Waals surface area contributed by atoms with E-state index in [1.165, 1.54) is 0 Å². The van der Waals surface area contributed by atoms with E-state index in [0.717, 1.165) is 0 Å². The fraction of sp³-hybridized carbons (Fsp3) is 0.909. The zero-order valence-corrected chi connectivity index (χ0v) is 10.7. The van der Waals surface area contributed by atoms with Crippen molar-refractivity contribution < 1.29 is 14.3 Å². The van der Waals surface area contributed by atoms with E-state index in [-0.39, 0.29) is 11.9 Å². The second-order valence-electron chi connectivity index (χ2n) is 4.11. The normalized spacial score (nSPS) is 13.7. The highest BCUT2D eigenvalue weighted by Gasteiger charge is 2.33. The third kappa shape index (κ3) is 3.80. The minimum absolute atomic E-state index is 0.00273. The van der Waals surface area contributed by atoms with Gasteiger partial charge in [0, 0.05) is 20.8 Å². The molecule has 1 amide bonds. The van der Waals surface area contributed by atoms with Gasteiger partial charge in [0.05, 0.1) is 12.6 Å². The number of carbonyl (C=O) groups excluding carboxylic acids is 1. The quantitative estimate of drug-likeness (QED) is 0.673. The number of likely N-dealkylation sites (N-methyl/N-ethyl adjacent to an activating group) is 1. The van der Waals surface area contributed by atoms with Crippen LogP contribution in [-0.4, -0.2) is 49.8 Å². The molecule has 0 aromatic heterocycles. The van der Waals surface area contributed by atoms with Crippen LogP contribution >= 0.6 is 0 Å². The van der Waals surface area contributed by atoms with Crippen LogP contribution in [0.1, 0.15) is 27.7 Å². The molecule has 0 bridgehead atoms. The molecule has 0 aromatic carbocycles. The molecule has 1 atom stereocenters. The summed E-state index contributed by atoms with van der Waals surface area (Å²) in [6, 6.07) is 0.0712. The maximum absolute atomic E-state index is 12.1. The molecule has 0 saturated carbocycles. The molecule has 0 heterocycles. The molecular formula is C11H23NO3. The Morgan fingerprint density at radius 1 is 1.40 bits per heavy atom. The Bertz CT molecular complexity index is 204. The average molecular weight is 217 g/mol. The highest BCUT2D eigenvalue weighted by molar-refractivity contribution is 5.84. The molecule has 15 heavy (non-hydrogen) atoms. The van der Waals surface area contributed by atoms with Crippen molar-refractivity contribution >= 4 is 5.91 Å². The molecule has 0 fully saturated rings. The van der Waals surface area contributed by atoms with Gasteiger partial charge in [-0.2, -0.15) is 0 Å². The van der Waals surface area contributed by atoms with E-state index in [9.17, 15) is 4.79 Å². The van der Waals surface area contributed by atoms with Crippen molar-refractivity contribution in [3.63, 3.8) is 0 Å². The lowest BCUT2D eigenvalue weighted by molar-refractivity contribution is -0.153. The SMILES string of the molecule is CCN(C(=O)C(C)(C)OC)C(C)COC. The molecule has 4 heteroatoms. The van der Waals surface area contributed by atoms with E-state index in [4.69, 9.17) is 9.47 Å². The number of methoxy groups -OCH3 is 2. The molecule has 0 spiro atoms. The first-order chi connectivity index (χ1) is 6.90. The molecule has 0 rings (SSSR count). The smallest absolute Gasteiger partial charge is 0.254 e. The Morgan fingerprint density at radius 3 is 2.27 bits per heavy atom. The molecule has 0 saturated heterocycles. The van der Waals surface area contributed by atoms with Crippen LogP contribution in [0.2, 0.25) is 0 Å². The largest absolute Gasteiger partial charge is 0.383 e. The lowest BCUT2D eigenvalue weighted by atomic mass is 10.1. The van der Waals surface area contributed by atoms with Crippen molar-refractivity contribution in [2.24, 2.45) is 0 Å². The molecule has 0 aliphatic carbocycles. The van der Waals surface area contributed by atoms with Crippen LogP contribution in [0.3, 0.4) is 0 Å². The van der Waals surface area contributed by atoms with E-state index in [0.29, 0.717) is 13.2 Å². The predicted octanol–water partition coefficient (Wildman–Crippen LogP) is 1.29. The minimum Gasteiger partial charge on any atom is -0.383 e. The number of amides is 1. The Hall–Kier alpha value is -0.610. The van der Waals surface area contributed by atoms with Gasteiger partial charge in [-0.15, -0.1) is 0 Å². The van der Waals surface area contributed by atoms with E-state index in [1.54, 1.807) is 33.0 Å². The number of hydrogen-bond acceptors (Lipinski definition) is 3. The fourth-order valence-corrected chi connectivity index (χ4v) is 1.42. The van der Waals surface area contributed by atoms with Gasteiger partial charge in [-0.25, -0.2) is 0 Å². The summed E-state index contributed by atoms with van der Waals surface area (Å²) < 4.78 is 10.2. The second-order valence-corrected chi connectivity index (χ2v) is 4.11. The van der Waals surface area contributed by atoms with E-state index >= 15 is 0 Å². The lowest BCUT2D eigenvalue weighted by Gasteiger charge is -2.34. The standard InChI is InChI=1S/C11H23NO3/c1-7-12(9(2)8-14-5)10(13)11(3,4)15-6/h9H,7-8H2,1-6H3. The highest BCUT2D eigenvalue weighted by atomic mass is 16.5. The topological polar surface area (TPSA) is 38.8 Å². The maximum Gasteiger partial charge on any atom is 0.254 e. The van der Waals surface area contributed by atoms with E-state index < -0.39 is 5.60 Å². The van der Waals surface area contributed by atoms with Crippen molar-refractivity contribution in [1.82, 2.24) is 4.90 Å². The van der Waals surface area contributed by atoms with Crippen LogP contribution in [0, 0.1) is 0 Å². The summed E-state index contributed by atoms with van der Waals surface area (Å²) in [5.41, 5.74) is -0.766. The van der Waals surface area contributed by atoms with Crippen LogP contribution in [0.4, 0.5) is 0 Å². The van der Waals surface area contributed by atoms with Crippen LogP contribution in [-0.2, 0) is 14.3 Å². The second kappa shape index (κ2) is 6.08. The third-order valence-electron chi connectivity index (χ3n) is 2.57. The number of carbonyl (C=O) groups is 1. The summed E-state index contributed by atoms with van der Waals surface area (Å²) >= 11 is 0. The Morgan fingerprint density at radius 2 is 1.93 bits per heavy atom. The molecule has 90 valence electrons. The highest BCUT2D eigenvalue weighted by Crippen LogP contribution is 2.14. The number of nitrogens with zero attached hydrogens (tertiary/aromatic N) is 1. The molecule has 0 N–H and O–H groups in total. The van der Waals surface area contributed by atoms with Gasteiger partial charge in [0.2, 0.25) is 0 Å². The number of ether oxygens (including phenoxy) is 2. The summed E-state index contributed by atoms with van der Waals surface area (Å²) in [5.74, 6) is -0.00273. The molecular weight excluding hydrogens is 194 g/mol. The van der Waals surface area contributed by atoms with Crippen molar-refractivity contribution in [2.45, 2.75) is 39.3 Å². The zero-order chi connectivity index (χ0) is 12.1.